The number of carbonyl (C=O) groups is 1. The molecule has 0 spiro atoms. The van der Waals surface area contributed by atoms with Crippen LogP contribution in [0, 0.1) is 5.82 Å². The van der Waals surface area contributed by atoms with Gasteiger partial charge < -0.3 is 10.6 Å². The monoisotopic (exact) mass is 349 g/mol. The van der Waals surface area contributed by atoms with Crippen LogP contribution in [0.3, 0.4) is 0 Å². The first-order valence-corrected chi connectivity index (χ1v) is 8.41. The third-order valence-corrected chi connectivity index (χ3v) is 3.96. The Balaban J connectivity index is 1.64. The summed E-state index contributed by atoms with van der Waals surface area (Å²) in [6.07, 6.45) is 1.61. The molecule has 0 saturated heterocycles. The maximum atomic E-state index is 12.9. The molecule has 1 amide bonds. The summed E-state index contributed by atoms with van der Waals surface area (Å²) in [5, 5.41) is 5.94. The van der Waals surface area contributed by atoms with E-state index < -0.39 is 0 Å². The highest BCUT2D eigenvalue weighted by Crippen LogP contribution is 2.20. The number of halogens is 1. The molecule has 0 unspecified atom stereocenters. The molecule has 3 rings (SSSR count). The molecule has 1 heterocycles. The minimum Gasteiger partial charge on any atom is -0.354 e. The number of benzene rings is 2. The van der Waals surface area contributed by atoms with Gasteiger partial charge in [0.25, 0.3) is 5.91 Å². The van der Waals surface area contributed by atoms with Crippen molar-refractivity contribution in [3.05, 3.63) is 83.9 Å². The van der Waals surface area contributed by atoms with Crippen molar-refractivity contribution in [3.63, 3.8) is 0 Å². The van der Waals surface area contributed by atoms with E-state index in [9.17, 15) is 9.18 Å². The highest BCUT2D eigenvalue weighted by molar-refractivity contribution is 6.02. The van der Waals surface area contributed by atoms with Gasteiger partial charge in [0.1, 0.15) is 11.5 Å². The van der Waals surface area contributed by atoms with Crippen molar-refractivity contribution in [1.29, 1.82) is 0 Å². The topological polar surface area (TPSA) is 54.0 Å². The number of nitrogens with zero attached hydrogens (tertiary/aromatic N) is 1. The number of amides is 1. The first kappa shape index (κ1) is 17.6. The molecule has 5 heteroatoms. The molecule has 0 bridgehead atoms. The summed E-state index contributed by atoms with van der Waals surface area (Å²) in [6, 6.07) is 17.2. The molecule has 2 aromatic carbocycles. The Morgan fingerprint density at radius 3 is 2.08 bits per heavy atom. The maximum Gasteiger partial charge on any atom is 0.274 e. The molecule has 0 fully saturated rings. The quantitative estimate of drug-likeness (QED) is 0.654. The zero-order valence-corrected chi connectivity index (χ0v) is 14.7. The van der Waals surface area contributed by atoms with Crippen LogP contribution in [-0.4, -0.2) is 10.9 Å². The van der Waals surface area contributed by atoms with E-state index in [4.69, 9.17) is 0 Å². The van der Waals surface area contributed by atoms with Crippen molar-refractivity contribution < 1.29 is 9.18 Å². The van der Waals surface area contributed by atoms with Gasteiger partial charge in [0.05, 0.1) is 11.9 Å². The molecule has 2 N–H and O–H groups in total. The average molecular weight is 349 g/mol. The third-order valence-electron chi connectivity index (χ3n) is 3.96. The summed E-state index contributed by atoms with van der Waals surface area (Å²) >= 11 is 0. The first-order chi connectivity index (χ1) is 12.5. The van der Waals surface area contributed by atoms with Crippen LogP contribution in [0.15, 0.2) is 66.9 Å². The van der Waals surface area contributed by atoms with Crippen molar-refractivity contribution in [1.82, 2.24) is 4.98 Å². The fraction of sp³-hybridized carbons (Fsp3) is 0.143. The molecule has 132 valence electrons. The van der Waals surface area contributed by atoms with Gasteiger partial charge in [0.2, 0.25) is 0 Å². The van der Waals surface area contributed by atoms with E-state index in [1.807, 2.05) is 12.1 Å². The van der Waals surface area contributed by atoms with Gasteiger partial charge in [0.15, 0.2) is 0 Å². The van der Waals surface area contributed by atoms with Crippen molar-refractivity contribution in [2.45, 2.75) is 19.8 Å². The lowest BCUT2D eigenvalue weighted by molar-refractivity contribution is 0.102. The van der Waals surface area contributed by atoms with Crippen LogP contribution in [-0.2, 0) is 0 Å². The van der Waals surface area contributed by atoms with Crippen molar-refractivity contribution in [2.75, 3.05) is 10.6 Å². The second kappa shape index (κ2) is 7.78. The number of hydrogen-bond acceptors (Lipinski definition) is 3. The van der Waals surface area contributed by atoms with Crippen LogP contribution in [0.5, 0.6) is 0 Å². The van der Waals surface area contributed by atoms with Gasteiger partial charge in [-0.05, 0) is 60.0 Å². The van der Waals surface area contributed by atoms with Gasteiger partial charge in [-0.25, -0.2) is 9.37 Å². The summed E-state index contributed by atoms with van der Waals surface area (Å²) in [7, 11) is 0. The van der Waals surface area contributed by atoms with Crippen LogP contribution in [0.4, 0.5) is 21.5 Å². The predicted molar refractivity (Wildman–Crippen MR) is 102 cm³/mol. The van der Waals surface area contributed by atoms with Crippen LogP contribution in [0.1, 0.15) is 35.8 Å². The van der Waals surface area contributed by atoms with E-state index >= 15 is 0 Å². The second-order valence-corrected chi connectivity index (χ2v) is 6.29. The zero-order valence-electron chi connectivity index (χ0n) is 14.7. The Labute approximate surface area is 152 Å². The standard InChI is InChI=1S/C21H20FN3O/c1-14(2)15-3-7-17(8-4-15)24-19-11-12-20(23-13-19)21(26)25-18-9-5-16(22)6-10-18/h3-14,24H,1-2H3,(H,25,26). The summed E-state index contributed by atoms with van der Waals surface area (Å²) in [5.74, 6) is -0.202. The van der Waals surface area contributed by atoms with Crippen LogP contribution >= 0.6 is 0 Å². The third kappa shape index (κ3) is 4.45. The number of nitrogens with one attached hydrogen (secondary N) is 2. The highest BCUT2D eigenvalue weighted by atomic mass is 19.1. The molecule has 0 aliphatic rings. The van der Waals surface area contributed by atoms with Crippen LogP contribution in [0.2, 0.25) is 0 Å². The molecule has 0 radical (unpaired) electrons. The number of carbonyl (C=O) groups excluding carboxylic acids is 1. The Morgan fingerprint density at radius 2 is 1.50 bits per heavy atom. The van der Waals surface area contributed by atoms with E-state index in [2.05, 4.69) is 41.6 Å². The van der Waals surface area contributed by atoms with Gasteiger partial charge in [-0.2, -0.15) is 0 Å². The largest absolute Gasteiger partial charge is 0.354 e. The fourth-order valence-electron chi connectivity index (χ4n) is 2.45. The lowest BCUT2D eigenvalue weighted by Gasteiger charge is -2.10. The number of rotatable bonds is 5. The lowest BCUT2D eigenvalue weighted by atomic mass is 10.0. The molecule has 4 nitrogen and oxygen atoms in total. The molecular weight excluding hydrogens is 329 g/mol. The van der Waals surface area contributed by atoms with Crippen molar-refractivity contribution in [2.24, 2.45) is 0 Å². The SMILES string of the molecule is CC(C)c1ccc(Nc2ccc(C(=O)Nc3ccc(F)cc3)nc2)cc1. The summed E-state index contributed by atoms with van der Waals surface area (Å²) < 4.78 is 12.9. The maximum absolute atomic E-state index is 12.9. The van der Waals surface area contributed by atoms with E-state index in [0.29, 0.717) is 11.6 Å². The van der Waals surface area contributed by atoms with Gasteiger partial charge in [-0.15, -0.1) is 0 Å². The predicted octanol–water partition coefficient (Wildman–Crippen LogP) is 5.34. The minimum atomic E-state index is -0.349. The van der Waals surface area contributed by atoms with Crippen LogP contribution < -0.4 is 10.6 Å². The number of anilines is 3. The molecule has 0 saturated carbocycles. The molecular formula is C21H20FN3O. The van der Waals surface area contributed by atoms with Crippen LogP contribution in [0.25, 0.3) is 0 Å². The minimum absolute atomic E-state index is 0.287. The fourth-order valence-corrected chi connectivity index (χ4v) is 2.45. The zero-order chi connectivity index (χ0) is 18.5. The van der Waals surface area contributed by atoms with E-state index in [-0.39, 0.29) is 17.4 Å². The molecule has 26 heavy (non-hydrogen) atoms. The smallest absolute Gasteiger partial charge is 0.274 e. The Hall–Kier alpha value is -3.21. The van der Waals surface area contributed by atoms with E-state index in [1.165, 1.54) is 29.8 Å². The van der Waals surface area contributed by atoms with Gasteiger partial charge in [0, 0.05) is 11.4 Å². The number of aromatic nitrogens is 1. The van der Waals surface area contributed by atoms with Gasteiger partial charge in [-0.1, -0.05) is 26.0 Å². The highest BCUT2D eigenvalue weighted by Gasteiger charge is 2.08. The average Bonchev–Trinajstić information content (AvgIpc) is 2.64. The second-order valence-electron chi connectivity index (χ2n) is 6.29. The number of hydrogen-bond donors (Lipinski definition) is 2. The number of pyridine rings is 1. The molecule has 0 atom stereocenters. The lowest BCUT2D eigenvalue weighted by Crippen LogP contribution is -2.13. The Morgan fingerprint density at radius 1 is 0.885 bits per heavy atom. The summed E-state index contributed by atoms with van der Waals surface area (Å²) in [5.41, 5.74) is 3.84. The van der Waals surface area contributed by atoms with Crippen molar-refractivity contribution >= 4 is 23.0 Å². The van der Waals surface area contributed by atoms with Gasteiger partial charge >= 0.3 is 0 Å². The Kier molecular flexibility index (Phi) is 5.27. The Bertz CT molecular complexity index is 873. The molecule has 0 aliphatic heterocycles. The first-order valence-electron chi connectivity index (χ1n) is 8.41. The summed E-state index contributed by atoms with van der Waals surface area (Å²) in [4.78, 5) is 16.4. The van der Waals surface area contributed by atoms with Crippen molar-refractivity contribution in [3.8, 4) is 0 Å². The van der Waals surface area contributed by atoms with E-state index in [0.717, 1.165) is 11.4 Å². The molecule has 3 aromatic rings. The summed E-state index contributed by atoms with van der Waals surface area (Å²) in [6.45, 7) is 4.31. The van der Waals surface area contributed by atoms with Gasteiger partial charge in [-0.3, -0.25) is 4.79 Å². The molecule has 0 aliphatic carbocycles. The normalized spacial score (nSPS) is 10.6. The molecule has 1 aromatic heterocycles. The van der Waals surface area contributed by atoms with E-state index in [1.54, 1.807) is 18.3 Å².